The quantitative estimate of drug-likeness (QED) is 0.787. The number of rotatable bonds is 5. The fourth-order valence-corrected chi connectivity index (χ4v) is 2.36. The molecule has 0 aromatic heterocycles. The lowest BCUT2D eigenvalue weighted by molar-refractivity contribution is -0.123. The SMILES string of the molecule is C[C@H](OC(=O)c1cccc(N(C)C)c1)C(=O)Nc1cc(Cl)ccc1Cl. The van der Waals surface area contributed by atoms with Gasteiger partial charge in [-0.2, -0.15) is 0 Å². The Morgan fingerprint density at radius 3 is 2.52 bits per heavy atom. The average molecular weight is 381 g/mol. The Bertz CT molecular complexity index is 794. The van der Waals surface area contributed by atoms with Crippen LogP contribution in [0.3, 0.4) is 0 Å². The highest BCUT2D eigenvalue weighted by Crippen LogP contribution is 2.25. The zero-order chi connectivity index (χ0) is 18.6. The van der Waals surface area contributed by atoms with Gasteiger partial charge in [0, 0.05) is 24.8 Å². The highest BCUT2D eigenvalue weighted by molar-refractivity contribution is 6.35. The van der Waals surface area contributed by atoms with Crippen molar-refractivity contribution < 1.29 is 14.3 Å². The smallest absolute Gasteiger partial charge is 0.338 e. The summed E-state index contributed by atoms with van der Waals surface area (Å²) in [6.07, 6.45) is -0.995. The lowest BCUT2D eigenvalue weighted by Gasteiger charge is -2.16. The largest absolute Gasteiger partial charge is 0.449 e. The van der Waals surface area contributed by atoms with E-state index in [2.05, 4.69) is 5.32 Å². The molecular weight excluding hydrogens is 363 g/mol. The minimum absolute atomic E-state index is 0.343. The molecule has 0 unspecified atom stereocenters. The Labute approximate surface area is 156 Å². The number of anilines is 2. The van der Waals surface area contributed by atoms with Gasteiger partial charge in [0.15, 0.2) is 6.10 Å². The minimum atomic E-state index is -0.995. The van der Waals surface area contributed by atoms with Gasteiger partial charge in [0.2, 0.25) is 0 Å². The normalized spacial score (nSPS) is 11.6. The van der Waals surface area contributed by atoms with E-state index in [1.807, 2.05) is 25.1 Å². The van der Waals surface area contributed by atoms with Crippen LogP contribution in [0.5, 0.6) is 0 Å². The molecule has 0 saturated carbocycles. The van der Waals surface area contributed by atoms with Crippen LogP contribution in [0.4, 0.5) is 11.4 Å². The molecular formula is C18H18Cl2N2O3. The van der Waals surface area contributed by atoms with Crippen molar-refractivity contribution in [2.45, 2.75) is 13.0 Å². The van der Waals surface area contributed by atoms with Gasteiger partial charge in [-0.05, 0) is 43.3 Å². The van der Waals surface area contributed by atoms with Gasteiger partial charge in [-0.3, -0.25) is 4.79 Å². The molecule has 1 N–H and O–H groups in total. The van der Waals surface area contributed by atoms with Crippen molar-refractivity contribution in [3.63, 3.8) is 0 Å². The standard InChI is InChI=1S/C18H18Cl2N2O3/c1-11(17(23)21-16-10-13(19)7-8-15(16)20)25-18(24)12-5-4-6-14(9-12)22(2)3/h4-11H,1-3H3,(H,21,23)/t11-/m0/s1. The van der Waals surface area contributed by atoms with Crippen LogP contribution in [0.1, 0.15) is 17.3 Å². The molecule has 0 bridgehead atoms. The molecule has 2 aromatic carbocycles. The van der Waals surface area contributed by atoms with E-state index in [9.17, 15) is 9.59 Å². The van der Waals surface area contributed by atoms with Gasteiger partial charge in [-0.1, -0.05) is 29.3 Å². The maximum Gasteiger partial charge on any atom is 0.338 e. The lowest BCUT2D eigenvalue weighted by Crippen LogP contribution is -2.30. The van der Waals surface area contributed by atoms with Crippen LogP contribution in [0.2, 0.25) is 10.0 Å². The number of carbonyl (C=O) groups is 2. The van der Waals surface area contributed by atoms with E-state index >= 15 is 0 Å². The minimum Gasteiger partial charge on any atom is -0.449 e. The van der Waals surface area contributed by atoms with Crippen molar-refractivity contribution in [2.75, 3.05) is 24.3 Å². The van der Waals surface area contributed by atoms with E-state index in [1.165, 1.54) is 13.0 Å². The second kappa shape index (κ2) is 8.23. The first kappa shape index (κ1) is 19.1. The van der Waals surface area contributed by atoms with Gasteiger partial charge in [0.1, 0.15) is 0 Å². The van der Waals surface area contributed by atoms with E-state index in [0.717, 1.165) is 5.69 Å². The number of esters is 1. The van der Waals surface area contributed by atoms with Crippen LogP contribution in [0.15, 0.2) is 42.5 Å². The molecule has 5 nitrogen and oxygen atoms in total. The fourth-order valence-electron chi connectivity index (χ4n) is 2.02. The maximum absolute atomic E-state index is 12.2. The van der Waals surface area contributed by atoms with E-state index in [1.54, 1.807) is 30.3 Å². The van der Waals surface area contributed by atoms with Crippen molar-refractivity contribution in [2.24, 2.45) is 0 Å². The molecule has 0 aliphatic heterocycles. The van der Waals surface area contributed by atoms with Crippen LogP contribution in [0.25, 0.3) is 0 Å². The van der Waals surface area contributed by atoms with Gasteiger partial charge >= 0.3 is 5.97 Å². The Morgan fingerprint density at radius 1 is 1.12 bits per heavy atom. The molecule has 0 aliphatic carbocycles. The Balaban J connectivity index is 2.04. The third kappa shape index (κ3) is 5.11. The molecule has 25 heavy (non-hydrogen) atoms. The summed E-state index contributed by atoms with van der Waals surface area (Å²) in [5.41, 5.74) is 1.58. The zero-order valence-electron chi connectivity index (χ0n) is 14.0. The summed E-state index contributed by atoms with van der Waals surface area (Å²) in [4.78, 5) is 26.3. The summed E-state index contributed by atoms with van der Waals surface area (Å²) < 4.78 is 5.23. The summed E-state index contributed by atoms with van der Waals surface area (Å²) in [5, 5.41) is 3.37. The van der Waals surface area contributed by atoms with E-state index < -0.39 is 18.0 Å². The van der Waals surface area contributed by atoms with Crippen molar-refractivity contribution >= 4 is 46.5 Å². The monoisotopic (exact) mass is 380 g/mol. The van der Waals surface area contributed by atoms with Gasteiger partial charge < -0.3 is 15.0 Å². The van der Waals surface area contributed by atoms with Crippen molar-refractivity contribution in [3.05, 3.63) is 58.1 Å². The van der Waals surface area contributed by atoms with Crippen molar-refractivity contribution in [1.82, 2.24) is 0 Å². The second-order valence-electron chi connectivity index (χ2n) is 5.61. The first-order chi connectivity index (χ1) is 11.8. The predicted molar refractivity (Wildman–Crippen MR) is 101 cm³/mol. The zero-order valence-corrected chi connectivity index (χ0v) is 15.6. The van der Waals surface area contributed by atoms with Crippen LogP contribution in [-0.2, 0) is 9.53 Å². The average Bonchev–Trinajstić information content (AvgIpc) is 2.58. The number of hydrogen-bond acceptors (Lipinski definition) is 4. The summed E-state index contributed by atoms with van der Waals surface area (Å²) >= 11 is 11.9. The molecule has 0 saturated heterocycles. The molecule has 132 valence electrons. The number of amides is 1. The number of benzene rings is 2. The molecule has 0 heterocycles. The topological polar surface area (TPSA) is 58.6 Å². The van der Waals surface area contributed by atoms with Crippen LogP contribution in [0, 0.1) is 0 Å². The van der Waals surface area contributed by atoms with E-state index in [-0.39, 0.29) is 0 Å². The summed E-state index contributed by atoms with van der Waals surface area (Å²) in [6, 6.07) is 11.7. The van der Waals surface area contributed by atoms with Gasteiger partial charge in [0.25, 0.3) is 5.91 Å². The second-order valence-corrected chi connectivity index (χ2v) is 6.45. The first-order valence-electron chi connectivity index (χ1n) is 7.52. The number of ether oxygens (including phenoxy) is 1. The molecule has 1 atom stereocenters. The summed E-state index contributed by atoms with van der Waals surface area (Å²) in [5.74, 6) is -1.08. The van der Waals surface area contributed by atoms with Crippen molar-refractivity contribution in [1.29, 1.82) is 0 Å². The van der Waals surface area contributed by atoms with Gasteiger partial charge in [0.05, 0.1) is 16.3 Å². The highest BCUT2D eigenvalue weighted by atomic mass is 35.5. The third-order valence-corrected chi connectivity index (χ3v) is 4.00. The first-order valence-corrected chi connectivity index (χ1v) is 8.28. The van der Waals surface area contributed by atoms with Crippen LogP contribution >= 0.6 is 23.2 Å². The molecule has 2 rings (SSSR count). The Morgan fingerprint density at radius 2 is 1.84 bits per heavy atom. The number of carbonyl (C=O) groups excluding carboxylic acids is 2. The molecule has 0 fully saturated rings. The summed E-state index contributed by atoms with van der Waals surface area (Å²) in [6.45, 7) is 1.49. The molecule has 2 aromatic rings. The van der Waals surface area contributed by atoms with Gasteiger partial charge in [-0.15, -0.1) is 0 Å². The summed E-state index contributed by atoms with van der Waals surface area (Å²) in [7, 11) is 3.74. The van der Waals surface area contributed by atoms with Crippen LogP contribution < -0.4 is 10.2 Å². The number of nitrogens with one attached hydrogen (secondary N) is 1. The van der Waals surface area contributed by atoms with Crippen LogP contribution in [-0.4, -0.2) is 32.1 Å². The lowest BCUT2D eigenvalue weighted by atomic mass is 10.2. The van der Waals surface area contributed by atoms with E-state index in [0.29, 0.717) is 21.3 Å². The Hall–Kier alpha value is -2.24. The molecule has 0 radical (unpaired) electrons. The van der Waals surface area contributed by atoms with Gasteiger partial charge in [-0.25, -0.2) is 4.79 Å². The number of nitrogens with zero attached hydrogens (tertiary/aromatic N) is 1. The fraction of sp³-hybridized carbons (Fsp3) is 0.222. The predicted octanol–water partition coefficient (Wildman–Crippen LogP) is 4.24. The molecule has 0 spiro atoms. The molecule has 1 amide bonds. The highest BCUT2D eigenvalue weighted by Gasteiger charge is 2.20. The van der Waals surface area contributed by atoms with E-state index in [4.69, 9.17) is 27.9 Å². The number of halogens is 2. The third-order valence-electron chi connectivity index (χ3n) is 3.44. The maximum atomic E-state index is 12.2. The molecule has 0 aliphatic rings. The number of hydrogen-bond donors (Lipinski definition) is 1. The molecule has 7 heteroatoms. The Kier molecular flexibility index (Phi) is 6.28. The van der Waals surface area contributed by atoms with Crippen molar-refractivity contribution in [3.8, 4) is 0 Å².